The fourth-order valence-corrected chi connectivity index (χ4v) is 3.33. The zero-order valence-corrected chi connectivity index (χ0v) is 13.2. The van der Waals surface area contributed by atoms with Gasteiger partial charge in [-0.3, -0.25) is 5.84 Å². The molecule has 0 fully saturated rings. The van der Waals surface area contributed by atoms with Gasteiger partial charge in [-0.1, -0.05) is 44.2 Å². The van der Waals surface area contributed by atoms with Crippen molar-refractivity contribution in [2.75, 3.05) is 0 Å². The van der Waals surface area contributed by atoms with Crippen LogP contribution in [0.5, 0.6) is 0 Å². The molecule has 2 aromatic rings. The Morgan fingerprint density at radius 1 is 1.19 bits per heavy atom. The molecule has 0 spiro atoms. The van der Waals surface area contributed by atoms with Crippen molar-refractivity contribution < 1.29 is 0 Å². The first-order valence-electron chi connectivity index (χ1n) is 7.76. The highest BCUT2D eigenvalue weighted by Gasteiger charge is 2.39. The topological polar surface area (TPSA) is 55.9 Å². The molecule has 3 N–H and O–H groups in total. The summed E-state index contributed by atoms with van der Waals surface area (Å²) < 4.78 is 2.16. The maximum absolute atomic E-state index is 5.96. The van der Waals surface area contributed by atoms with E-state index in [1.165, 1.54) is 5.56 Å². The van der Waals surface area contributed by atoms with Crippen LogP contribution in [0.15, 0.2) is 42.7 Å². The number of hydrogen-bond donors (Lipinski definition) is 2. The van der Waals surface area contributed by atoms with E-state index in [2.05, 4.69) is 66.1 Å². The second-order valence-corrected chi connectivity index (χ2v) is 5.40. The molecule has 0 aliphatic heterocycles. The molecule has 1 unspecified atom stereocenters. The molecule has 4 heteroatoms. The fraction of sp³-hybridized carbons (Fsp3) is 0.471. The third-order valence-electron chi connectivity index (χ3n) is 4.68. The van der Waals surface area contributed by atoms with E-state index in [0.29, 0.717) is 0 Å². The second-order valence-electron chi connectivity index (χ2n) is 5.40. The van der Waals surface area contributed by atoms with E-state index in [4.69, 9.17) is 5.84 Å². The Hall–Kier alpha value is -1.65. The predicted molar refractivity (Wildman–Crippen MR) is 86.7 cm³/mol. The Balaban J connectivity index is 2.54. The minimum atomic E-state index is -0.0612. The van der Waals surface area contributed by atoms with Crippen molar-refractivity contribution in [2.45, 2.75) is 51.6 Å². The Kier molecular flexibility index (Phi) is 5.15. The summed E-state index contributed by atoms with van der Waals surface area (Å²) >= 11 is 0. The van der Waals surface area contributed by atoms with Crippen LogP contribution in [0, 0.1) is 0 Å². The predicted octanol–water partition coefficient (Wildman–Crippen LogP) is 3.17. The van der Waals surface area contributed by atoms with Crippen molar-refractivity contribution in [3.8, 4) is 0 Å². The largest absolute Gasteiger partial charge is 0.334 e. The number of rotatable bonds is 7. The van der Waals surface area contributed by atoms with Gasteiger partial charge in [-0.25, -0.2) is 10.4 Å². The second kappa shape index (κ2) is 6.87. The summed E-state index contributed by atoms with van der Waals surface area (Å²) in [5.74, 6) is 6.97. The van der Waals surface area contributed by atoms with E-state index in [-0.39, 0.29) is 11.5 Å². The van der Waals surface area contributed by atoms with Gasteiger partial charge in [0.15, 0.2) is 0 Å². The molecule has 1 aromatic carbocycles. The molecule has 2 rings (SSSR count). The summed E-state index contributed by atoms with van der Waals surface area (Å²) in [5, 5.41) is 0. The van der Waals surface area contributed by atoms with Gasteiger partial charge < -0.3 is 4.57 Å². The number of nitrogens with zero attached hydrogens (tertiary/aromatic N) is 2. The molecule has 1 aromatic heterocycles. The molecule has 0 saturated heterocycles. The fourth-order valence-electron chi connectivity index (χ4n) is 3.33. The molecule has 0 aliphatic carbocycles. The average Bonchev–Trinajstić information content (AvgIpc) is 3.01. The maximum Gasteiger partial charge on any atom is 0.128 e. The van der Waals surface area contributed by atoms with E-state index in [9.17, 15) is 0 Å². The highest BCUT2D eigenvalue weighted by molar-refractivity contribution is 5.29. The first-order valence-corrected chi connectivity index (χ1v) is 7.76. The molecule has 0 saturated carbocycles. The van der Waals surface area contributed by atoms with Gasteiger partial charge in [0, 0.05) is 24.4 Å². The van der Waals surface area contributed by atoms with Crippen LogP contribution in [0.25, 0.3) is 0 Å². The number of aryl methyl sites for hydroxylation is 1. The molecule has 1 atom stereocenters. The molecular weight excluding hydrogens is 260 g/mol. The van der Waals surface area contributed by atoms with Crippen LogP contribution in [0.2, 0.25) is 0 Å². The number of hydrazine groups is 1. The highest BCUT2D eigenvalue weighted by Crippen LogP contribution is 2.42. The molecule has 114 valence electrons. The van der Waals surface area contributed by atoms with Crippen LogP contribution in [0.4, 0.5) is 0 Å². The van der Waals surface area contributed by atoms with Gasteiger partial charge in [-0.2, -0.15) is 0 Å². The lowest BCUT2D eigenvalue weighted by Gasteiger charge is -2.39. The molecule has 0 amide bonds. The number of benzene rings is 1. The normalized spacial score (nSPS) is 13.3. The summed E-state index contributed by atoms with van der Waals surface area (Å²) in [6, 6.07) is 10.6. The summed E-state index contributed by atoms with van der Waals surface area (Å²) in [5.41, 5.74) is 4.28. The molecule has 0 bridgehead atoms. The number of hydrogen-bond acceptors (Lipinski definition) is 3. The van der Waals surface area contributed by atoms with Crippen molar-refractivity contribution in [1.29, 1.82) is 0 Å². The lowest BCUT2D eigenvalue weighted by molar-refractivity contribution is 0.261. The molecular formula is C17H26N4. The van der Waals surface area contributed by atoms with Gasteiger partial charge in [0.2, 0.25) is 0 Å². The van der Waals surface area contributed by atoms with Gasteiger partial charge in [0.05, 0.1) is 6.04 Å². The van der Waals surface area contributed by atoms with Crippen molar-refractivity contribution in [3.05, 3.63) is 54.1 Å². The molecule has 0 aliphatic rings. The van der Waals surface area contributed by atoms with Crippen molar-refractivity contribution in [3.63, 3.8) is 0 Å². The first-order chi connectivity index (χ1) is 10.2. The van der Waals surface area contributed by atoms with E-state index < -0.39 is 0 Å². The lowest BCUT2D eigenvalue weighted by atomic mass is 9.70. The van der Waals surface area contributed by atoms with Crippen LogP contribution in [-0.4, -0.2) is 9.55 Å². The minimum Gasteiger partial charge on any atom is -0.334 e. The van der Waals surface area contributed by atoms with Crippen LogP contribution in [-0.2, 0) is 12.0 Å². The van der Waals surface area contributed by atoms with E-state index in [1.807, 2.05) is 12.4 Å². The standard InChI is InChI=1S/C17H26N4/c1-4-17(5-2,14-10-8-7-9-11-14)15(20-18)16-19-12-13-21(16)6-3/h7-13,15,20H,4-6,18H2,1-3H3. The molecule has 0 radical (unpaired) electrons. The van der Waals surface area contributed by atoms with Gasteiger partial charge in [0.1, 0.15) is 5.82 Å². The van der Waals surface area contributed by atoms with Crippen molar-refractivity contribution in [1.82, 2.24) is 15.0 Å². The summed E-state index contributed by atoms with van der Waals surface area (Å²) in [6.07, 6.45) is 5.86. The monoisotopic (exact) mass is 286 g/mol. The highest BCUT2D eigenvalue weighted by atomic mass is 15.3. The van der Waals surface area contributed by atoms with E-state index in [0.717, 1.165) is 25.2 Å². The van der Waals surface area contributed by atoms with Gasteiger partial charge in [-0.15, -0.1) is 0 Å². The van der Waals surface area contributed by atoms with Crippen LogP contribution in [0.1, 0.15) is 51.0 Å². The van der Waals surface area contributed by atoms with Crippen LogP contribution < -0.4 is 11.3 Å². The van der Waals surface area contributed by atoms with Gasteiger partial charge in [-0.05, 0) is 25.3 Å². The van der Waals surface area contributed by atoms with Crippen molar-refractivity contribution >= 4 is 0 Å². The van der Waals surface area contributed by atoms with E-state index >= 15 is 0 Å². The lowest BCUT2D eigenvalue weighted by Crippen LogP contribution is -2.45. The number of nitrogens with two attached hydrogens (primary N) is 1. The summed E-state index contributed by atoms with van der Waals surface area (Å²) in [6.45, 7) is 7.47. The molecule has 21 heavy (non-hydrogen) atoms. The Bertz CT molecular complexity index is 543. The number of nitrogens with one attached hydrogen (secondary N) is 1. The smallest absolute Gasteiger partial charge is 0.128 e. The van der Waals surface area contributed by atoms with Gasteiger partial charge >= 0.3 is 0 Å². The SMILES string of the molecule is CCn1ccnc1C(NN)C(CC)(CC)c1ccccc1. The third-order valence-corrected chi connectivity index (χ3v) is 4.68. The average molecular weight is 286 g/mol. The first kappa shape index (κ1) is 15.7. The minimum absolute atomic E-state index is 0.00940. The zero-order chi connectivity index (χ0) is 15.3. The zero-order valence-electron chi connectivity index (χ0n) is 13.2. The van der Waals surface area contributed by atoms with Crippen LogP contribution in [0.3, 0.4) is 0 Å². The molecule has 4 nitrogen and oxygen atoms in total. The maximum atomic E-state index is 5.96. The summed E-state index contributed by atoms with van der Waals surface area (Å²) in [4.78, 5) is 4.57. The van der Waals surface area contributed by atoms with E-state index in [1.54, 1.807) is 0 Å². The molecule has 1 heterocycles. The third kappa shape index (κ3) is 2.74. The Morgan fingerprint density at radius 3 is 2.38 bits per heavy atom. The van der Waals surface area contributed by atoms with Crippen LogP contribution >= 0.6 is 0 Å². The van der Waals surface area contributed by atoms with Crippen molar-refractivity contribution in [2.24, 2.45) is 5.84 Å². The number of aromatic nitrogens is 2. The number of imidazole rings is 1. The summed E-state index contributed by atoms with van der Waals surface area (Å²) in [7, 11) is 0. The quantitative estimate of drug-likeness (QED) is 0.607. The Morgan fingerprint density at radius 2 is 1.86 bits per heavy atom. The van der Waals surface area contributed by atoms with Gasteiger partial charge in [0.25, 0.3) is 0 Å². The Labute approximate surface area is 127 Å².